The summed E-state index contributed by atoms with van der Waals surface area (Å²) in [5.41, 5.74) is 2.98. The Morgan fingerprint density at radius 1 is 0.970 bits per heavy atom. The molecular formula is C27H31N3O2S. The molecule has 2 unspecified atom stereocenters. The lowest BCUT2D eigenvalue weighted by Gasteiger charge is -2.36. The summed E-state index contributed by atoms with van der Waals surface area (Å²) in [6.07, 6.45) is 6.67. The Hall–Kier alpha value is -2.57. The molecule has 2 aromatic rings. The molecule has 0 radical (unpaired) electrons. The van der Waals surface area contributed by atoms with E-state index in [1.165, 1.54) is 24.8 Å². The Labute approximate surface area is 200 Å². The Bertz CT molecular complexity index is 1010. The van der Waals surface area contributed by atoms with Gasteiger partial charge in [-0.2, -0.15) is 0 Å². The summed E-state index contributed by atoms with van der Waals surface area (Å²) in [5, 5.41) is 3.68. The molecule has 0 aromatic heterocycles. The van der Waals surface area contributed by atoms with Crippen molar-refractivity contribution in [2.24, 2.45) is 0 Å². The highest BCUT2D eigenvalue weighted by Gasteiger charge is 2.34. The lowest BCUT2D eigenvalue weighted by molar-refractivity contribution is -0.117. The van der Waals surface area contributed by atoms with Crippen LogP contribution in [-0.4, -0.2) is 59.1 Å². The van der Waals surface area contributed by atoms with Crippen LogP contribution < -0.4 is 5.32 Å². The van der Waals surface area contributed by atoms with Gasteiger partial charge in [0.05, 0.1) is 4.91 Å². The number of nitrogens with one attached hydrogen (secondary N) is 1. The van der Waals surface area contributed by atoms with Gasteiger partial charge in [-0.1, -0.05) is 55.3 Å². The predicted molar refractivity (Wildman–Crippen MR) is 134 cm³/mol. The van der Waals surface area contributed by atoms with Gasteiger partial charge in [0.15, 0.2) is 0 Å². The molecule has 2 aliphatic heterocycles. The number of nitrogens with zero attached hydrogens (tertiary/aromatic N) is 2. The molecule has 3 fully saturated rings. The van der Waals surface area contributed by atoms with Crippen LogP contribution in [0.15, 0.2) is 59.5 Å². The highest BCUT2D eigenvalue weighted by atomic mass is 32.2. The fourth-order valence-electron chi connectivity index (χ4n) is 4.97. The molecule has 172 valence electrons. The molecule has 2 aromatic carbocycles. The molecule has 1 N–H and O–H groups in total. The van der Waals surface area contributed by atoms with Crippen molar-refractivity contribution in [2.75, 3.05) is 26.2 Å². The van der Waals surface area contributed by atoms with Crippen LogP contribution in [0, 0.1) is 0 Å². The van der Waals surface area contributed by atoms with Crippen molar-refractivity contribution in [2.45, 2.75) is 43.5 Å². The van der Waals surface area contributed by atoms with E-state index in [1.54, 1.807) is 11.8 Å². The number of fused-ring (bicyclic) bond motifs is 1. The van der Waals surface area contributed by atoms with Gasteiger partial charge >= 0.3 is 0 Å². The van der Waals surface area contributed by atoms with Crippen LogP contribution in [0.3, 0.4) is 0 Å². The third-order valence-electron chi connectivity index (χ3n) is 6.89. The van der Waals surface area contributed by atoms with Crippen LogP contribution in [0.25, 0.3) is 6.08 Å². The van der Waals surface area contributed by atoms with Crippen molar-refractivity contribution >= 4 is 29.7 Å². The Morgan fingerprint density at radius 3 is 2.45 bits per heavy atom. The SMILES string of the molecule is O=C1NC2CCCCC2S/C1=C/c1ccc(C(=O)N2CCN(Cc3ccccc3)CC2)cc1. The number of benzene rings is 2. The van der Waals surface area contributed by atoms with Gasteiger partial charge in [0.25, 0.3) is 11.8 Å². The number of thioether (sulfide) groups is 1. The number of rotatable bonds is 4. The number of piperazine rings is 1. The van der Waals surface area contributed by atoms with Crippen LogP contribution in [0.1, 0.15) is 47.2 Å². The molecule has 2 atom stereocenters. The van der Waals surface area contributed by atoms with Crippen molar-refractivity contribution in [3.8, 4) is 0 Å². The molecule has 6 heteroatoms. The van der Waals surface area contributed by atoms with Gasteiger partial charge in [-0.3, -0.25) is 14.5 Å². The lowest BCUT2D eigenvalue weighted by atomic mass is 9.94. The predicted octanol–water partition coefficient (Wildman–Crippen LogP) is 4.16. The monoisotopic (exact) mass is 461 g/mol. The minimum absolute atomic E-state index is 0.0386. The Kier molecular flexibility index (Phi) is 6.83. The zero-order valence-electron chi connectivity index (χ0n) is 18.9. The second-order valence-corrected chi connectivity index (χ2v) is 10.5. The highest BCUT2D eigenvalue weighted by Crippen LogP contribution is 2.37. The largest absolute Gasteiger partial charge is 0.348 e. The average molecular weight is 462 g/mol. The summed E-state index contributed by atoms with van der Waals surface area (Å²) in [5.74, 6) is 0.125. The Morgan fingerprint density at radius 2 is 1.70 bits per heavy atom. The molecule has 5 rings (SSSR count). The van der Waals surface area contributed by atoms with E-state index in [4.69, 9.17) is 0 Å². The van der Waals surface area contributed by atoms with E-state index in [-0.39, 0.29) is 11.8 Å². The molecule has 2 saturated heterocycles. The summed E-state index contributed by atoms with van der Waals surface area (Å²) >= 11 is 1.72. The van der Waals surface area contributed by atoms with Gasteiger partial charge in [-0.25, -0.2) is 0 Å². The molecule has 3 aliphatic rings. The number of carbonyl (C=O) groups is 2. The molecule has 2 heterocycles. The summed E-state index contributed by atoms with van der Waals surface area (Å²) in [4.78, 5) is 30.6. The normalized spacial score (nSPS) is 24.9. The van der Waals surface area contributed by atoms with Gasteiger partial charge in [0, 0.05) is 49.6 Å². The standard InChI is InChI=1S/C27H31N3O2S/c31-26-25(33-24-9-5-4-8-23(24)28-26)18-20-10-12-22(13-11-20)27(32)30-16-14-29(15-17-30)19-21-6-2-1-3-7-21/h1-3,6-7,10-13,18,23-24H,4-5,8-9,14-17,19H2,(H,28,31)/b25-18+. The summed E-state index contributed by atoms with van der Waals surface area (Å²) < 4.78 is 0. The molecule has 0 bridgehead atoms. The number of amides is 2. The average Bonchev–Trinajstić information content (AvgIpc) is 2.86. The zero-order valence-corrected chi connectivity index (χ0v) is 19.7. The maximum atomic E-state index is 13.0. The van der Waals surface area contributed by atoms with E-state index in [0.717, 1.165) is 49.6 Å². The molecular weight excluding hydrogens is 430 g/mol. The first-order chi connectivity index (χ1) is 16.2. The van der Waals surface area contributed by atoms with Gasteiger partial charge in [0.1, 0.15) is 0 Å². The Balaban J connectivity index is 1.17. The third-order valence-corrected chi connectivity index (χ3v) is 8.31. The molecule has 5 nitrogen and oxygen atoms in total. The topological polar surface area (TPSA) is 52.7 Å². The molecule has 2 amide bonds. The fraction of sp³-hybridized carbons (Fsp3) is 0.407. The van der Waals surface area contributed by atoms with E-state index in [0.29, 0.717) is 16.9 Å². The van der Waals surface area contributed by atoms with Crippen LogP contribution in [0.4, 0.5) is 0 Å². The first kappa shape index (κ1) is 22.2. The summed E-state index contributed by atoms with van der Waals surface area (Å²) in [6.45, 7) is 4.20. The maximum absolute atomic E-state index is 13.0. The number of carbonyl (C=O) groups excluding carboxylic acids is 2. The number of hydrogen-bond donors (Lipinski definition) is 1. The number of hydrogen-bond acceptors (Lipinski definition) is 4. The van der Waals surface area contributed by atoms with Gasteiger partial charge < -0.3 is 10.2 Å². The van der Waals surface area contributed by atoms with E-state index >= 15 is 0 Å². The zero-order chi connectivity index (χ0) is 22.6. The molecule has 33 heavy (non-hydrogen) atoms. The van der Waals surface area contributed by atoms with Gasteiger partial charge in [-0.05, 0) is 42.2 Å². The third kappa shape index (κ3) is 5.33. The van der Waals surface area contributed by atoms with Gasteiger partial charge in [0.2, 0.25) is 0 Å². The van der Waals surface area contributed by atoms with E-state index in [9.17, 15) is 9.59 Å². The minimum Gasteiger partial charge on any atom is -0.348 e. The van der Waals surface area contributed by atoms with Crippen molar-refractivity contribution < 1.29 is 9.59 Å². The van der Waals surface area contributed by atoms with Crippen LogP contribution in [0.2, 0.25) is 0 Å². The first-order valence-electron chi connectivity index (χ1n) is 12.0. The van der Waals surface area contributed by atoms with Gasteiger partial charge in [-0.15, -0.1) is 11.8 Å². The van der Waals surface area contributed by atoms with Crippen LogP contribution in [0.5, 0.6) is 0 Å². The maximum Gasteiger partial charge on any atom is 0.257 e. The van der Waals surface area contributed by atoms with Crippen molar-refractivity contribution in [3.63, 3.8) is 0 Å². The van der Waals surface area contributed by atoms with Crippen molar-refractivity contribution in [1.82, 2.24) is 15.1 Å². The molecule has 1 aliphatic carbocycles. The smallest absolute Gasteiger partial charge is 0.257 e. The van der Waals surface area contributed by atoms with Crippen molar-refractivity contribution in [3.05, 3.63) is 76.2 Å². The van der Waals surface area contributed by atoms with Crippen LogP contribution in [-0.2, 0) is 11.3 Å². The van der Waals surface area contributed by atoms with E-state index in [2.05, 4.69) is 34.5 Å². The minimum atomic E-state index is 0.0386. The van der Waals surface area contributed by atoms with E-state index < -0.39 is 0 Å². The fourth-order valence-corrected chi connectivity index (χ4v) is 6.31. The molecule has 1 saturated carbocycles. The second-order valence-electron chi connectivity index (χ2n) is 9.21. The summed E-state index contributed by atoms with van der Waals surface area (Å²) in [6, 6.07) is 18.5. The van der Waals surface area contributed by atoms with Crippen molar-refractivity contribution in [1.29, 1.82) is 0 Å². The first-order valence-corrected chi connectivity index (χ1v) is 12.9. The van der Waals surface area contributed by atoms with E-state index in [1.807, 2.05) is 41.3 Å². The lowest BCUT2D eigenvalue weighted by Crippen LogP contribution is -2.48. The highest BCUT2D eigenvalue weighted by molar-refractivity contribution is 8.04. The molecule has 0 spiro atoms. The summed E-state index contributed by atoms with van der Waals surface area (Å²) in [7, 11) is 0. The quantitative estimate of drug-likeness (QED) is 0.695. The second kappa shape index (κ2) is 10.1. The van der Waals surface area contributed by atoms with Crippen LogP contribution >= 0.6 is 11.8 Å².